The molecule has 1 aromatic rings. The Morgan fingerprint density at radius 2 is 2.10 bits per heavy atom. The van der Waals surface area contributed by atoms with Crippen LogP contribution in [0.15, 0.2) is 43.2 Å². The lowest BCUT2D eigenvalue weighted by Gasteiger charge is -2.21. The number of rotatable bonds is 7. The van der Waals surface area contributed by atoms with Crippen LogP contribution in [-0.4, -0.2) is 12.6 Å². The molecule has 1 aliphatic rings. The maximum absolute atomic E-state index is 11.9. The Kier molecular flexibility index (Phi) is 4.61. The molecule has 0 bridgehead atoms. The molecule has 0 aromatic heterocycles. The van der Waals surface area contributed by atoms with Gasteiger partial charge in [-0.3, -0.25) is 4.79 Å². The summed E-state index contributed by atoms with van der Waals surface area (Å²) in [6.45, 7) is 8.62. The molecule has 0 heterocycles. The minimum atomic E-state index is -0.463. The topological polar surface area (TPSA) is 35.5 Å². The average Bonchev–Trinajstić information content (AvgIpc) is 3.20. The van der Waals surface area contributed by atoms with Gasteiger partial charge in [0.05, 0.1) is 24.9 Å². The van der Waals surface area contributed by atoms with Crippen molar-refractivity contribution in [1.29, 1.82) is 0 Å². The molecule has 2 unspecified atom stereocenters. The van der Waals surface area contributed by atoms with Crippen molar-refractivity contribution in [1.82, 2.24) is 0 Å². The summed E-state index contributed by atoms with van der Waals surface area (Å²) >= 11 is 0. The van der Waals surface area contributed by atoms with Gasteiger partial charge in [0.1, 0.15) is 0 Å². The molecule has 1 fully saturated rings. The lowest BCUT2D eigenvalue weighted by atomic mass is 9.86. The van der Waals surface area contributed by atoms with Crippen molar-refractivity contribution >= 4 is 5.97 Å². The molecule has 0 spiro atoms. The van der Waals surface area contributed by atoms with Crippen LogP contribution >= 0.6 is 0 Å². The monoisotopic (exact) mass is 274 g/mol. The van der Waals surface area contributed by atoms with Crippen molar-refractivity contribution in [3.05, 3.63) is 48.7 Å². The molecular weight excluding hydrogens is 252 g/mol. The highest BCUT2D eigenvalue weighted by molar-refractivity contribution is 5.77. The van der Waals surface area contributed by atoms with E-state index in [2.05, 4.69) is 18.7 Å². The van der Waals surface area contributed by atoms with Crippen LogP contribution in [0.1, 0.15) is 25.8 Å². The normalized spacial score (nSPS) is 21.3. The summed E-state index contributed by atoms with van der Waals surface area (Å²) in [6, 6.07) is 10.1. The van der Waals surface area contributed by atoms with Gasteiger partial charge in [0, 0.05) is 0 Å². The van der Waals surface area contributed by atoms with Gasteiger partial charge in [-0.05, 0) is 37.7 Å². The first-order chi connectivity index (χ1) is 9.55. The van der Waals surface area contributed by atoms with E-state index in [1.165, 1.54) is 11.8 Å². The SMILES string of the molecule is C=COC(=O)C(C)(C)C1CC1COCc1ccccc1. The average molecular weight is 274 g/mol. The molecule has 1 saturated carbocycles. The number of hydrogen-bond acceptors (Lipinski definition) is 3. The fraction of sp³-hybridized carbons (Fsp3) is 0.471. The van der Waals surface area contributed by atoms with Crippen LogP contribution in [0.4, 0.5) is 0 Å². The Bertz CT molecular complexity index is 464. The van der Waals surface area contributed by atoms with E-state index >= 15 is 0 Å². The molecule has 2 rings (SSSR count). The number of ether oxygens (including phenoxy) is 2. The zero-order valence-corrected chi connectivity index (χ0v) is 12.2. The van der Waals surface area contributed by atoms with E-state index in [-0.39, 0.29) is 5.97 Å². The highest BCUT2D eigenvalue weighted by Crippen LogP contribution is 2.51. The van der Waals surface area contributed by atoms with Crippen LogP contribution in [0.2, 0.25) is 0 Å². The van der Waals surface area contributed by atoms with Crippen LogP contribution < -0.4 is 0 Å². The molecule has 3 nitrogen and oxygen atoms in total. The van der Waals surface area contributed by atoms with E-state index < -0.39 is 5.41 Å². The lowest BCUT2D eigenvalue weighted by Crippen LogP contribution is -2.28. The third-order valence-electron chi connectivity index (χ3n) is 4.01. The molecule has 0 N–H and O–H groups in total. The van der Waals surface area contributed by atoms with Crippen molar-refractivity contribution in [2.45, 2.75) is 26.9 Å². The van der Waals surface area contributed by atoms with Crippen LogP contribution in [-0.2, 0) is 20.9 Å². The van der Waals surface area contributed by atoms with Gasteiger partial charge in [-0.25, -0.2) is 0 Å². The standard InChI is InChI=1S/C17H22O3/c1-4-20-16(18)17(2,3)15-10-14(15)12-19-11-13-8-6-5-7-9-13/h4-9,14-15H,1,10-12H2,2-3H3. The van der Waals surface area contributed by atoms with Crippen molar-refractivity contribution in [3.8, 4) is 0 Å². The van der Waals surface area contributed by atoms with Crippen LogP contribution in [0.5, 0.6) is 0 Å². The zero-order valence-electron chi connectivity index (χ0n) is 12.2. The summed E-state index contributed by atoms with van der Waals surface area (Å²) in [4.78, 5) is 11.9. The van der Waals surface area contributed by atoms with Crippen molar-refractivity contribution in [2.24, 2.45) is 17.3 Å². The largest absolute Gasteiger partial charge is 0.435 e. The van der Waals surface area contributed by atoms with Crippen LogP contribution in [0.3, 0.4) is 0 Å². The summed E-state index contributed by atoms with van der Waals surface area (Å²) in [7, 11) is 0. The van der Waals surface area contributed by atoms with Gasteiger partial charge >= 0.3 is 5.97 Å². The molecule has 0 amide bonds. The van der Waals surface area contributed by atoms with Gasteiger partial charge in [0.15, 0.2) is 0 Å². The van der Waals surface area contributed by atoms with Crippen LogP contribution in [0.25, 0.3) is 0 Å². The molecule has 0 aliphatic heterocycles. The first kappa shape index (κ1) is 14.8. The second-order valence-electron chi connectivity index (χ2n) is 5.90. The predicted octanol–water partition coefficient (Wildman–Crippen LogP) is 3.55. The van der Waals surface area contributed by atoms with E-state index in [1.807, 2.05) is 32.0 Å². The van der Waals surface area contributed by atoms with Gasteiger partial charge in [-0.15, -0.1) is 0 Å². The van der Waals surface area contributed by atoms with Gasteiger partial charge < -0.3 is 9.47 Å². The van der Waals surface area contributed by atoms with Crippen LogP contribution in [0, 0.1) is 17.3 Å². The minimum absolute atomic E-state index is 0.206. The molecule has 1 aliphatic carbocycles. The van der Waals surface area contributed by atoms with Gasteiger partial charge in [0.2, 0.25) is 0 Å². The predicted molar refractivity (Wildman–Crippen MR) is 77.8 cm³/mol. The fourth-order valence-corrected chi connectivity index (χ4v) is 2.60. The first-order valence-electron chi connectivity index (χ1n) is 6.99. The second kappa shape index (κ2) is 6.23. The Morgan fingerprint density at radius 3 is 2.75 bits per heavy atom. The maximum Gasteiger partial charge on any atom is 0.316 e. The van der Waals surface area contributed by atoms with Crippen molar-refractivity contribution in [2.75, 3.05) is 6.61 Å². The van der Waals surface area contributed by atoms with E-state index in [9.17, 15) is 4.79 Å². The Morgan fingerprint density at radius 1 is 1.40 bits per heavy atom. The molecule has 0 radical (unpaired) electrons. The van der Waals surface area contributed by atoms with E-state index in [0.29, 0.717) is 25.0 Å². The lowest BCUT2D eigenvalue weighted by molar-refractivity contribution is -0.149. The highest BCUT2D eigenvalue weighted by Gasteiger charge is 2.52. The summed E-state index contributed by atoms with van der Waals surface area (Å²) in [5.41, 5.74) is 0.713. The number of esters is 1. The van der Waals surface area contributed by atoms with E-state index in [4.69, 9.17) is 9.47 Å². The maximum atomic E-state index is 11.9. The van der Waals surface area contributed by atoms with Crippen molar-refractivity contribution < 1.29 is 14.3 Å². The van der Waals surface area contributed by atoms with Gasteiger partial charge in [-0.1, -0.05) is 36.9 Å². The highest BCUT2D eigenvalue weighted by atomic mass is 16.5. The Labute approximate surface area is 120 Å². The van der Waals surface area contributed by atoms with E-state index in [0.717, 1.165) is 6.42 Å². The summed E-state index contributed by atoms with van der Waals surface area (Å²) < 4.78 is 10.7. The second-order valence-corrected chi connectivity index (χ2v) is 5.90. The quantitative estimate of drug-likeness (QED) is 0.563. The first-order valence-corrected chi connectivity index (χ1v) is 6.99. The Hall–Kier alpha value is -1.61. The number of carbonyl (C=O) groups excluding carboxylic acids is 1. The third kappa shape index (κ3) is 3.48. The fourth-order valence-electron chi connectivity index (χ4n) is 2.60. The molecule has 0 saturated heterocycles. The molecule has 1 aromatic carbocycles. The van der Waals surface area contributed by atoms with Crippen molar-refractivity contribution in [3.63, 3.8) is 0 Å². The molecule has 20 heavy (non-hydrogen) atoms. The summed E-state index contributed by atoms with van der Waals surface area (Å²) in [5.74, 6) is 0.583. The zero-order chi connectivity index (χ0) is 14.6. The number of carbonyl (C=O) groups is 1. The Balaban J connectivity index is 1.75. The third-order valence-corrected chi connectivity index (χ3v) is 4.01. The molecule has 2 atom stereocenters. The smallest absolute Gasteiger partial charge is 0.316 e. The number of benzene rings is 1. The number of hydrogen-bond donors (Lipinski definition) is 0. The van der Waals surface area contributed by atoms with E-state index in [1.54, 1.807) is 0 Å². The molecule has 108 valence electrons. The molecular formula is C17H22O3. The summed E-state index contributed by atoms with van der Waals surface area (Å²) in [5, 5.41) is 0. The summed E-state index contributed by atoms with van der Waals surface area (Å²) in [6.07, 6.45) is 2.22. The molecule has 3 heteroatoms. The van der Waals surface area contributed by atoms with Gasteiger partial charge in [0.25, 0.3) is 0 Å². The minimum Gasteiger partial charge on any atom is -0.435 e. The van der Waals surface area contributed by atoms with Gasteiger partial charge in [-0.2, -0.15) is 0 Å².